The van der Waals surface area contributed by atoms with E-state index >= 15 is 0 Å². The lowest BCUT2D eigenvalue weighted by Crippen LogP contribution is -2.54. The van der Waals surface area contributed by atoms with Crippen molar-refractivity contribution in [3.63, 3.8) is 0 Å². The molecule has 1 N–H and O–H groups in total. The van der Waals surface area contributed by atoms with Crippen LogP contribution in [0.5, 0.6) is 5.75 Å². The minimum Gasteiger partial charge on any atom is -0.434 e. The molecule has 1 atom stereocenters. The second-order valence-electron chi connectivity index (χ2n) is 6.68. The van der Waals surface area contributed by atoms with Crippen molar-refractivity contribution in [2.24, 2.45) is 0 Å². The van der Waals surface area contributed by atoms with Gasteiger partial charge in [0.2, 0.25) is 5.91 Å². The summed E-state index contributed by atoms with van der Waals surface area (Å²) in [6.07, 6.45) is 0. The van der Waals surface area contributed by atoms with Gasteiger partial charge in [-0.25, -0.2) is 0 Å². The molecule has 6 nitrogen and oxygen atoms in total. The zero-order valence-electron chi connectivity index (χ0n) is 16.0. The molecule has 1 fully saturated rings. The normalized spacial score (nSPS) is 15.9. The predicted octanol–water partition coefficient (Wildman–Crippen LogP) is 2.81. The van der Waals surface area contributed by atoms with Gasteiger partial charge in [0.15, 0.2) is 0 Å². The second-order valence-corrected chi connectivity index (χ2v) is 7.71. The van der Waals surface area contributed by atoms with E-state index in [1.807, 2.05) is 29.3 Å². The summed E-state index contributed by atoms with van der Waals surface area (Å²) in [4.78, 5) is 29.9. The average Bonchev–Trinajstić information content (AvgIpc) is 3.25. The van der Waals surface area contributed by atoms with Gasteiger partial charge in [-0.05, 0) is 30.5 Å². The largest absolute Gasteiger partial charge is 0.434 e. The number of nitrogens with one attached hydrogen (secondary N) is 1. The molecule has 2 aromatic rings. The number of carbonyl (C=O) groups excluding carboxylic acids is 2. The Balaban J connectivity index is 1.53. The van der Waals surface area contributed by atoms with Crippen LogP contribution in [0.1, 0.15) is 22.2 Å². The Morgan fingerprint density at radius 3 is 2.52 bits per heavy atom. The van der Waals surface area contributed by atoms with E-state index < -0.39 is 6.61 Å². The van der Waals surface area contributed by atoms with Gasteiger partial charge in [-0.15, -0.1) is 11.3 Å². The third kappa shape index (κ3) is 5.51. The molecule has 0 aliphatic carbocycles. The number of rotatable bonds is 7. The number of alkyl halides is 2. The summed E-state index contributed by atoms with van der Waals surface area (Å²) in [6, 6.07) is 9.58. The minimum atomic E-state index is -2.99. The first kappa shape index (κ1) is 21.2. The summed E-state index contributed by atoms with van der Waals surface area (Å²) in [5, 5.41) is 4.89. The summed E-state index contributed by atoms with van der Waals surface area (Å²) in [5.41, 5.74) is 0.114. The van der Waals surface area contributed by atoms with Gasteiger partial charge in [0, 0.05) is 31.1 Å². The molecule has 1 aromatic carbocycles. The predicted molar refractivity (Wildman–Crippen MR) is 106 cm³/mol. The maximum atomic E-state index is 12.8. The van der Waals surface area contributed by atoms with Gasteiger partial charge in [-0.3, -0.25) is 14.5 Å². The number of benzene rings is 1. The van der Waals surface area contributed by atoms with Crippen LogP contribution in [0.15, 0.2) is 41.8 Å². The molecule has 1 saturated heterocycles. The van der Waals surface area contributed by atoms with E-state index in [1.165, 1.54) is 12.1 Å². The quantitative estimate of drug-likeness (QED) is 0.744. The Bertz CT molecular complexity index is 824. The molecular weight excluding hydrogens is 400 g/mol. The average molecular weight is 423 g/mol. The summed E-state index contributed by atoms with van der Waals surface area (Å²) in [5.74, 6) is -0.541. The van der Waals surface area contributed by atoms with Gasteiger partial charge >= 0.3 is 6.61 Å². The summed E-state index contributed by atoms with van der Waals surface area (Å²) in [6.45, 7) is 1.21. The van der Waals surface area contributed by atoms with Crippen LogP contribution >= 0.6 is 11.3 Å². The number of amides is 2. The highest BCUT2D eigenvalue weighted by atomic mass is 32.1. The molecule has 1 aliphatic rings. The van der Waals surface area contributed by atoms with Gasteiger partial charge < -0.3 is 15.0 Å². The van der Waals surface area contributed by atoms with E-state index in [0.717, 1.165) is 4.88 Å². The molecule has 9 heteroatoms. The smallest absolute Gasteiger partial charge is 0.387 e. The number of hydrogen-bond donors (Lipinski definition) is 1. The summed E-state index contributed by atoms with van der Waals surface area (Å²) < 4.78 is 29.6. The molecule has 1 aliphatic heterocycles. The van der Waals surface area contributed by atoms with Crippen LogP contribution in [0.4, 0.5) is 8.78 Å². The number of carbonyl (C=O) groups is 2. The second kappa shape index (κ2) is 9.80. The maximum absolute atomic E-state index is 12.8. The van der Waals surface area contributed by atoms with Crippen LogP contribution in [-0.4, -0.2) is 60.4 Å². The van der Waals surface area contributed by atoms with Crippen molar-refractivity contribution < 1.29 is 23.1 Å². The van der Waals surface area contributed by atoms with E-state index in [0.29, 0.717) is 32.7 Å². The monoisotopic (exact) mass is 423 g/mol. The Labute approximate surface area is 172 Å². The molecule has 0 spiro atoms. The summed E-state index contributed by atoms with van der Waals surface area (Å²) >= 11 is 1.59. The van der Waals surface area contributed by atoms with Crippen molar-refractivity contribution in [1.29, 1.82) is 0 Å². The molecule has 1 unspecified atom stereocenters. The van der Waals surface area contributed by atoms with E-state index in [4.69, 9.17) is 0 Å². The Kier molecular flexibility index (Phi) is 7.16. The fourth-order valence-corrected chi connectivity index (χ4v) is 3.87. The molecule has 0 bridgehead atoms. The van der Waals surface area contributed by atoms with Crippen LogP contribution in [0.2, 0.25) is 0 Å². The first-order chi connectivity index (χ1) is 14.0. The van der Waals surface area contributed by atoms with Crippen molar-refractivity contribution in [3.8, 4) is 5.75 Å². The minimum absolute atomic E-state index is 0.0612. The molecule has 3 rings (SSSR count). The molecular formula is C20H23F2N3O3S. The third-order valence-corrected chi connectivity index (χ3v) is 5.76. The lowest BCUT2D eigenvalue weighted by Gasteiger charge is -2.37. The zero-order valence-corrected chi connectivity index (χ0v) is 16.8. The van der Waals surface area contributed by atoms with Crippen LogP contribution in [0.25, 0.3) is 0 Å². The van der Waals surface area contributed by atoms with Crippen molar-refractivity contribution in [1.82, 2.24) is 15.1 Å². The molecule has 2 amide bonds. The molecule has 1 aromatic heterocycles. The van der Waals surface area contributed by atoms with Crippen LogP contribution < -0.4 is 10.1 Å². The Hall–Kier alpha value is -2.52. The number of nitrogens with zero attached hydrogens (tertiary/aromatic N) is 2. The van der Waals surface area contributed by atoms with Gasteiger partial charge in [-0.1, -0.05) is 18.2 Å². The summed E-state index contributed by atoms with van der Waals surface area (Å²) in [7, 11) is 0. The number of piperazine rings is 1. The lowest BCUT2D eigenvalue weighted by molar-refractivity contribution is -0.126. The van der Waals surface area contributed by atoms with Crippen molar-refractivity contribution >= 4 is 23.2 Å². The fourth-order valence-electron chi connectivity index (χ4n) is 3.23. The van der Waals surface area contributed by atoms with Crippen molar-refractivity contribution in [3.05, 3.63) is 52.2 Å². The molecule has 29 heavy (non-hydrogen) atoms. The van der Waals surface area contributed by atoms with Gasteiger partial charge in [-0.2, -0.15) is 8.78 Å². The van der Waals surface area contributed by atoms with Crippen molar-refractivity contribution in [2.75, 3.05) is 26.2 Å². The van der Waals surface area contributed by atoms with Crippen molar-refractivity contribution in [2.45, 2.75) is 26.1 Å². The highest BCUT2D eigenvalue weighted by molar-refractivity contribution is 7.09. The van der Waals surface area contributed by atoms with Crippen LogP contribution in [-0.2, 0) is 11.3 Å². The Morgan fingerprint density at radius 2 is 1.86 bits per heavy atom. The number of hydrogen-bond acceptors (Lipinski definition) is 5. The SMILES string of the molecule is CC(C(=O)NCc1cccs1)N1CCN(C(=O)c2ccccc2OC(F)F)CC1. The van der Waals surface area contributed by atoms with Crippen LogP contribution in [0.3, 0.4) is 0 Å². The highest BCUT2D eigenvalue weighted by Crippen LogP contribution is 2.22. The van der Waals surface area contributed by atoms with Crippen LogP contribution in [0, 0.1) is 0 Å². The number of ether oxygens (including phenoxy) is 1. The van der Waals surface area contributed by atoms with E-state index in [9.17, 15) is 18.4 Å². The molecule has 156 valence electrons. The molecule has 2 heterocycles. The highest BCUT2D eigenvalue weighted by Gasteiger charge is 2.29. The van der Waals surface area contributed by atoms with Gasteiger partial charge in [0.25, 0.3) is 5.91 Å². The molecule has 0 radical (unpaired) electrons. The number of para-hydroxylation sites is 1. The molecule has 0 saturated carbocycles. The fraction of sp³-hybridized carbons (Fsp3) is 0.400. The third-order valence-electron chi connectivity index (χ3n) is 4.88. The van der Waals surface area contributed by atoms with E-state index in [-0.39, 0.29) is 29.2 Å². The Morgan fingerprint density at radius 1 is 1.14 bits per heavy atom. The van der Waals surface area contributed by atoms with Gasteiger partial charge in [0.05, 0.1) is 18.2 Å². The number of halogens is 2. The topological polar surface area (TPSA) is 61.9 Å². The van der Waals surface area contributed by atoms with E-state index in [1.54, 1.807) is 28.4 Å². The first-order valence-electron chi connectivity index (χ1n) is 9.33. The maximum Gasteiger partial charge on any atom is 0.387 e. The zero-order chi connectivity index (χ0) is 20.8. The standard InChI is InChI=1S/C20H23F2N3O3S/c1-14(18(26)23-13-15-5-4-12-29-15)24-8-10-25(11-9-24)19(27)16-6-2-3-7-17(16)28-20(21)22/h2-7,12,14,20H,8-11,13H2,1H3,(H,23,26). The van der Waals surface area contributed by atoms with Gasteiger partial charge in [0.1, 0.15) is 5.75 Å². The first-order valence-corrected chi connectivity index (χ1v) is 10.2. The lowest BCUT2D eigenvalue weighted by atomic mass is 10.1. The number of thiophene rings is 1. The van der Waals surface area contributed by atoms with E-state index in [2.05, 4.69) is 10.1 Å².